The highest BCUT2D eigenvalue weighted by atomic mass is 19.1. The van der Waals surface area contributed by atoms with Gasteiger partial charge in [0.2, 0.25) is 0 Å². The number of hydrogen-bond acceptors (Lipinski definition) is 5. The molecule has 0 aromatic carbocycles. The molecule has 0 unspecified atom stereocenters. The van der Waals surface area contributed by atoms with Crippen LogP contribution in [0.4, 0.5) is 4.39 Å². The number of nitrogens with zero attached hydrogens (tertiary/aromatic N) is 3. The molecule has 3 heterocycles. The van der Waals surface area contributed by atoms with Crippen molar-refractivity contribution in [1.29, 1.82) is 0 Å². The molecule has 0 amide bonds. The number of halogens is 1. The number of nitrogens with one attached hydrogen (secondary N) is 2. The van der Waals surface area contributed by atoms with E-state index in [9.17, 15) is 4.39 Å². The van der Waals surface area contributed by atoms with Gasteiger partial charge in [0.1, 0.15) is 5.82 Å². The van der Waals surface area contributed by atoms with Crippen molar-refractivity contribution in [2.75, 3.05) is 45.8 Å². The monoisotopic (exact) mass is 359 g/mol. The van der Waals surface area contributed by atoms with Crippen LogP contribution in [0.2, 0.25) is 0 Å². The summed E-state index contributed by atoms with van der Waals surface area (Å²) in [7, 11) is 0. The van der Waals surface area contributed by atoms with Crippen molar-refractivity contribution in [2.24, 2.45) is 0 Å². The molecule has 0 saturated carbocycles. The molecule has 0 atom stereocenters. The summed E-state index contributed by atoms with van der Waals surface area (Å²) >= 11 is 0. The van der Waals surface area contributed by atoms with E-state index in [1.807, 2.05) is 0 Å². The fourth-order valence-electron chi connectivity index (χ4n) is 3.45. The van der Waals surface area contributed by atoms with E-state index in [0.29, 0.717) is 12.1 Å². The van der Waals surface area contributed by atoms with Crippen LogP contribution in [0.25, 0.3) is 0 Å². The van der Waals surface area contributed by atoms with Crippen molar-refractivity contribution in [3.8, 4) is 0 Å². The predicted octanol–water partition coefficient (Wildman–Crippen LogP) is 1.75. The first-order valence-corrected chi connectivity index (χ1v) is 9.46. The molecule has 2 N–H and O–H groups in total. The van der Waals surface area contributed by atoms with Crippen LogP contribution in [0.15, 0.2) is 42.4 Å². The zero-order valence-electron chi connectivity index (χ0n) is 15.8. The first kappa shape index (κ1) is 18.9. The van der Waals surface area contributed by atoms with Crippen molar-refractivity contribution in [2.45, 2.75) is 25.8 Å². The molecule has 3 rings (SSSR count). The van der Waals surface area contributed by atoms with E-state index in [-0.39, 0.29) is 11.4 Å². The minimum atomic E-state index is -0.196. The molecule has 26 heavy (non-hydrogen) atoms. The van der Waals surface area contributed by atoms with E-state index in [1.54, 1.807) is 12.3 Å². The number of hydrogen-bond donors (Lipinski definition) is 2. The summed E-state index contributed by atoms with van der Waals surface area (Å²) in [5.41, 5.74) is 0.657. The first-order chi connectivity index (χ1) is 12.5. The van der Waals surface area contributed by atoms with Crippen molar-refractivity contribution < 1.29 is 4.39 Å². The van der Waals surface area contributed by atoms with Crippen LogP contribution in [-0.2, 0) is 6.42 Å². The fourth-order valence-corrected chi connectivity index (χ4v) is 3.45. The average molecular weight is 359 g/mol. The van der Waals surface area contributed by atoms with Gasteiger partial charge in [0.25, 0.3) is 0 Å². The minimum absolute atomic E-state index is 0.0862. The molecule has 0 bridgehead atoms. The largest absolute Gasteiger partial charge is 0.370 e. The lowest BCUT2D eigenvalue weighted by molar-refractivity contribution is 0.0534. The summed E-state index contributed by atoms with van der Waals surface area (Å²) in [6.45, 7) is 11.3. The minimum Gasteiger partial charge on any atom is -0.370 e. The number of rotatable bonds is 7. The normalized spacial score (nSPS) is 19.1. The third-order valence-corrected chi connectivity index (χ3v) is 5.25. The second kappa shape index (κ2) is 8.64. The Bertz CT molecular complexity index is 647. The van der Waals surface area contributed by atoms with E-state index in [2.05, 4.69) is 57.5 Å². The Kier molecular flexibility index (Phi) is 6.27. The Labute approximate surface area is 156 Å². The van der Waals surface area contributed by atoms with Crippen LogP contribution in [0, 0.1) is 5.82 Å². The SMILES string of the molecule is CC(C)(CNC1=CC=CCN1)N1CCN(CCc2ncccc2F)CC1. The average Bonchev–Trinajstić information content (AvgIpc) is 2.67. The zero-order chi connectivity index (χ0) is 18.4. The molecule has 6 heteroatoms. The van der Waals surface area contributed by atoms with E-state index < -0.39 is 0 Å². The zero-order valence-corrected chi connectivity index (χ0v) is 15.8. The third kappa shape index (κ3) is 5.05. The highest BCUT2D eigenvalue weighted by Gasteiger charge is 2.29. The van der Waals surface area contributed by atoms with Gasteiger partial charge in [0.05, 0.1) is 11.5 Å². The second-order valence-corrected chi connectivity index (χ2v) is 7.57. The third-order valence-electron chi connectivity index (χ3n) is 5.25. The van der Waals surface area contributed by atoms with Gasteiger partial charge in [-0.25, -0.2) is 4.39 Å². The van der Waals surface area contributed by atoms with Crippen molar-refractivity contribution >= 4 is 0 Å². The Hall–Kier alpha value is -1.92. The number of piperazine rings is 1. The Balaban J connectivity index is 1.42. The van der Waals surface area contributed by atoms with Crippen molar-refractivity contribution in [3.05, 3.63) is 53.9 Å². The Morgan fingerprint density at radius 3 is 2.77 bits per heavy atom. The van der Waals surface area contributed by atoms with Gasteiger partial charge in [-0.2, -0.15) is 0 Å². The summed E-state index contributed by atoms with van der Waals surface area (Å²) in [6.07, 6.45) is 8.60. The van der Waals surface area contributed by atoms with Crippen LogP contribution in [0.3, 0.4) is 0 Å². The van der Waals surface area contributed by atoms with E-state index in [1.165, 1.54) is 6.07 Å². The van der Waals surface area contributed by atoms with Gasteiger partial charge in [0, 0.05) is 64.0 Å². The summed E-state index contributed by atoms with van der Waals surface area (Å²) in [5, 5.41) is 6.86. The van der Waals surface area contributed by atoms with E-state index >= 15 is 0 Å². The highest BCUT2D eigenvalue weighted by Crippen LogP contribution is 2.17. The molecule has 142 valence electrons. The molecule has 0 spiro atoms. The van der Waals surface area contributed by atoms with E-state index in [0.717, 1.165) is 51.6 Å². The maximum absolute atomic E-state index is 13.7. The second-order valence-electron chi connectivity index (χ2n) is 7.57. The van der Waals surface area contributed by atoms with Crippen LogP contribution in [-0.4, -0.2) is 66.1 Å². The molecular formula is C20H30FN5. The van der Waals surface area contributed by atoms with Gasteiger partial charge in [-0.3, -0.25) is 9.88 Å². The Morgan fingerprint density at radius 2 is 2.08 bits per heavy atom. The molecule has 0 aliphatic carbocycles. The van der Waals surface area contributed by atoms with Crippen LogP contribution in [0.1, 0.15) is 19.5 Å². The maximum atomic E-state index is 13.7. The molecule has 5 nitrogen and oxygen atoms in total. The highest BCUT2D eigenvalue weighted by molar-refractivity contribution is 5.15. The van der Waals surface area contributed by atoms with Gasteiger partial charge in [0.15, 0.2) is 0 Å². The Morgan fingerprint density at radius 1 is 1.27 bits per heavy atom. The lowest BCUT2D eigenvalue weighted by Gasteiger charge is -2.44. The molecule has 1 aromatic heterocycles. The maximum Gasteiger partial charge on any atom is 0.144 e. The van der Waals surface area contributed by atoms with Gasteiger partial charge < -0.3 is 15.5 Å². The molecule has 2 aliphatic heterocycles. The predicted molar refractivity (Wildman–Crippen MR) is 103 cm³/mol. The summed E-state index contributed by atoms with van der Waals surface area (Å²) in [5.74, 6) is 0.899. The smallest absolute Gasteiger partial charge is 0.144 e. The molecule has 1 saturated heterocycles. The van der Waals surface area contributed by atoms with Crippen molar-refractivity contribution in [3.63, 3.8) is 0 Å². The first-order valence-electron chi connectivity index (χ1n) is 9.46. The molecule has 1 aromatic rings. The lowest BCUT2D eigenvalue weighted by atomic mass is 10.0. The standard InChI is InChI=1S/C20H30FN5/c1-20(2,16-24-19-7-3-4-9-23-19)26-14-12-25(13-15-26)11-8-18-17(21)6-5-10-22-18/h3-7,10,23-24H,8-9,11-16H2,1-2H3. The topological polar surface area (TPSA) is 43.4 Å². The quantitative estimate of drug-likeness (QED) is 0.777. The lowest BCUT2D eigenvalue weighted by Crippen LogP contribution is -2.58. The molecular weight excluding hydrogens is 329 g/mol. The molecule has 2 aliphatic rings. The number of dihydropyridines is 1. The fraction of sp³-hybridized carbons (Fsp3) is 0.550. The summed E-state index contributed by atoms with van der Waals surface area (Å²) in [6, 6.07) is 3.13. The van der Waals surface area contributed by atoms with Crippen LogP contribution < -0.4 is 10.6 Å². The number of pyridine rings is 1. The number of allylic oxidation sites excluding steroid dienone is 2. The number of aromatic nitrogens is 1. The van der Waals surface area contributed by atoms with Gasteiger partial charge in [-0.05, 0) is 32.1 Å². The van der Waals surface area contributed by atoms with Crippen LogP contribution >= 0.6 is 0 Å². The van der Waals surface area contributed by atoms with E-state index in [4.69, 9.17) is 0 Å². The van der Waals surface area contributed by atoms with Gasteiger partial charge in [-0.15, -0.1) is 0 Å². The van der Waals surface area contributed by atoms with Crippen molar-refractivity contribution in [1.82, 2.24) is 25.4 Å². The van der Waals surface area contributed by atoms with Crippen LogP contribution in [0.5, 0.6) is 0 Å². The summed E-state index contributed by atoms with van der Waals surface area (Å²) in [4.78, 5) is 9.09. The summed E-state index contributed by atoms with van der Waals surface area (Å²) < 4.78 is 13.7. The molecule has 0 radical (unpaired) electrons. The van der Waals surface area contributed by atoms with Gasteiger partial charge >= 0.3 is 0 Å². The van der Waals surface area contributed by atoms with Gasteiger partial charge in [-0.1, -0.05) is 12.2 Å². The molecule has 1 fully saturated rings.